The number of rotatable bonds is 4. The molecule has 29 heavy (non-hydrogen) atoms. The van der Waals surface area contributed by atoms with Gasteiger partial charge in [0.05, 0.1) is 5.92 Å². The van der Waals surface area contributed by atoms with Crippen LogP contribution in [-0.4, -0.2) is 46.5 Å². The number of nitrogens with zero attached hydrogens (tertiary/aromatic N) is 4. The first-order valence-electron chi connectivity index (χ1n) is 10.3. The van der Waals surface area contributed by atoms with Crippen molar-refractivity contribution in [3.8, 4) is 0 Å². The Morgan fingerprint density at radius 1 is 1.07 bits per heavy atom. The number of likely N-dealkylation sites (tertiary alicyclic amines) is 1. The fourth-order valence-electron chi connectivity index (χ4n) is 4.28. The molecule has 1 saturated carbocycles. The van der Waals surface area contributed by atoms with Crippen LogP contribution in [0.5, 0.6) is 0 Å². The van der Waals surface area contributed by atoms with Crippen molar-refractivity contribution in [3.63, 3.8) is 0 Å². The first-order chi connectivity index (χ1) is 14.1. The largest absolute Gasteiger partial charge is 0.425 e. The molecule has 3 heterocycles. The standard InChI is InChI=1S/C21H23BrN4O3/c22-16-2-1-3-17(11-16)26-12-15(10-18(26)27)21(28)25-8-6-14(7-9-25)20-24-23-19(29-20)13-4-5-13/h1-3,11,13-15H,4-10,12H2. The maximum atomic E-state index is 13.0. The summed E-state index contributed by atoms with van der Waals surface area (Å²) in [5.41, 5.74) is 0.834. The molecule has 1 aromatic heterocycles. The van der Waals surface area contributed by atoms with Gasteiger partial charge in [0.1, 0.15) is 0 Å². The van der Waals surface area contributed by atoms with E-state index >= 15 is 0 Å². The van der Waals surface area contributed by atoms with E-state index in [1.165, 1.54) is 0 Å². The third-order valence-electron chi connectivity index (χ3n) is 6.13. The molecule has 2 aliphatic heterocycles. The van der Waals surface area contributed by atoms with Crippen LogP contribution in [-0.2, 0) is 9.59 Å². The van der Waals surface area contributed by atoms with E-state index in [9.17, 15) is 9.59 Å². The van der Waals surface area contributed by atoms with Crippen LogP contribution in [0.1, 0.15) is 55.7 Å². The molecule has 0 radical (unpaired) electrons. The second-order valence-corrected chi connectivity index (χ2v) is 9.15. The maximum Gasteiger partial charge on any atom is 0.228 e. The predicted octanol–water partition coefficient (Wildman–Crippen LogP) is 3.47. The topological polar surface area (TPSA) is 79.5 Å². The van der Waals surface area contributed by atoms with Crippen LogP contribution in [0.4, 0.5) is 5.69 Å². The van der Waals surface area contributed by atoms with Gasteiger partial charge in [-0.1, -0.05) is 22.0 Å². The lowest BCUT2D eigenvalue weighted by Crippen LogP contribution is -2.42. The summed E-state index contributed by atoms with van der Waals surface area (Å²) in [5, 5.41) is 8.41. The highest BCUT2D eigenvalue weighted by Gasteiger charge is 2.39. The predicted molar refractivity (Wildman–Crippen MR) is 109 cm³/mol. The van der Waals surface area contributed by atoms with E-state index < -0.39 is 0 Å². The molecule has 5 rings (SSSR count). The Balaban J connectivity index is 1.19. The van der Waals surface area contributed by atoms with Gasteiger partial charge in [-0.05, 0) is 43.9 Å². The Bertz CT molecular complexity index is 934. The van der Waals surface area contributed by atoms with Crippen LogP contribution in [0.2, 0.25) is 0 Å². The van der Waals surface area contributed by atoms with Crippen LogP contribution in [0.3, 0.4) is 0 Å². The lowest BCUT2D eigenvalue weighted by Gasteiger charge is -2.32. The maximum absolute atomic E-state index is 13.0. The highest BCUT2D eigenvalue weighted by atomic mass is 79.9. The third-order valence-corrected chi connectivity index (χ3v) is 6.63. The molecule has 2 amide bonds. The van der Waals surface area contributed by atoms with Crippen molar-refractivity contribution in [2.45, 2.75) is 43.9 Å². The van der Waals surface area contributed by atoms with Crippen LogP contribution >= 0.6 is 15.9 Å². The second-order valence-electron chi connectivity index (χ2n) is 8.24. The molecule has 0 N–H and O–H groups in total. The monoisotopic (exact) mass is 458 g/mol. The minimum Gasteiger partial charge on any atom is -0.425 e. The van der Waals surface area contributed by atoms with Crippen molar-refractivity contribution in [2.75, 3.05) is 24.5 Å². The van der Waals surface area contributed by atoms with Gasteiger partial charge in [-0.2, -0.15) is 0 Å². The average Bonchev–Trinajstić information content (AvgIpc) is 3.33. The molecule has 1 unspecified atom stereocenters. The molecule has 152 valence electrons. The molecular formula is C21H23BrN4O3. The normalized spacial score (nSPS) is 23.1. The minimum absolute atomic E-state index is 0.00908. The Hall–Kier alpha value is -2.22. The summed E-state index contributed by atoms with van der Waals surface area (Å²) in [5.74, 6) is 2.00. The molecule has 2 aromatic rings. The van der Waals surface area contributed by atoms with Gasteiger partial charge in [-0.3, -0.25) is 9.59 Å². The van der Waals surface area contributed by atoms with Crippen molar-refractivity contribution in [1.29, 1.82) is 0 Å². The first-order valence-corrected chi connectivity index (χ1v) is 11.1. The SMILES string of the molecule is O=C(C1CC(=O)N(c2cccc(Br)c2)C1)N1CCC(c2nnc(C3CC3)o2)CC1. The molecule has 7 nitrogen and oxygen atoms in total. The highest BCUT2D eigenvalue weighted by molar-refractivity contribution is 9.10. The Kier molecular flexibility index (Phi) is 4.89. The second kappa shape index (κ2) is 7.55. The van der Waals surface area contributed by atoms with Gasteiger partial charge in [0.15, 0.2) is 0 Å². The van der Waals surface area contributed by atoms with Gasteiger partial charge in [-0.15, -0.1) is 10.2 Å². The van der Waals surface area contributed by atoms with Crippen molar-refractivity contribution in [1.82, 2.24) is 15.1 Å². The Morgan fingerprint density at radius 2 is 1.76 bits per heavy atom. The van der Waals surface area contributed by atoms with E-state index in [1.807, 2.05) is 29.2 Å². The molecule has 0 bridgehead atoms. The summed E-state index contributed by atoms with van der Waals surface area (Å²) in [6, 6.07) is 7.64. The van der Waals surface area contributed by atoms with E-state index in [4.69, 9.17) is 4.42 Å². The molecule has 1 atom stereocenters. The molecule has 8 heteroatoms. The van der Waals surface area contributed by atoms with Crippen molar-refractivity contribution < 1.29 is 14.0 Å². The number of halogens is 1. The number of hydrogen-bond acceptors (Lipinski definition) is 5. The third kappa shape index (κ3) is 3.82. The molecule has 3 fully saturated rings. The summed E-state index contributed by atoms with van der Waals surface area (Å²) >= 11 is 3.44. The van der Waals surface area contributed by atoms with E-state index in [0.717, 1.165) is 47.6 Å². The quantitative estimate of drug-likeness (QED) is 0.700. The summed E-state index contributed by atoms with van der Waals surface area (Å²) in [7, 11) is 0. The van der Waals surface area contributed by atoms with E-state index in [1.54, 1.807) is 4.90 Å². The zero-order valence-corrected chi connectivity index (χ0v) is 17.7. The smallest absolute Gasteiger partial charge is 0.228 e. The van der Waals surface area contributed by atoms with E-state index in [2.05, 4.69) is 26.1 Å². The van der Waals surface area contributed by atoms with Gasteiger partial charge in [0.2, 0.25) is 23.6 Å². The van der Waals surface area contributed by atoms with Gasteiger partial charge >= 0.3 is 0 Å². The summed E-state index contributed by atoms with van der Waals surface area (Å²) in [6.07, 6.45) is 4.22. The van der Waals surface area contributed by atoms with Crippen LogP contribution in [0, 0.1) is 5.92 Å². The van der Waals surface area contributed by atoms with E-state index in [0.29, 0.717) is 25.6 Å². The number of piperidine rings is 1. The van der Waals surface area contributed by atoms with Crippen LogP contribution < -0.4 is 4.90 Å². The van der Waals surface area contributed by atoms with Gasteiger partial charge in [0, 0.05) is 48.1 Å². The zero-order chi connectivity index (χ0) is 20.0. The molecule has 0 spiro atoms. The van der Waals surface area contributed by atoms with Gasteiger partial charge in [0.25, 0.3) is 0 Å². The minimum atomic E-state index is -0.275. The Morgan fingerprint density at radius 3 is 2.41 bits per heavy atom. The number of amides is 2. The summed E-state index contributed by atoms with van der Waals surface area (Å²) < 4.78 is 6.77. The van der Waals surface area contributed by atoms with Crippen molar-refractivity contribution in [3.05, 3.63) is 40.5 Å². The fraction of sp³-hybridized carbons (Fsp3) is 0.524. The number of aromatic nitrogens is 2. The molecule has 3 aliphatic rings. The zero-order valence-electron chi connectivity index (χ0n) is 16.1. The summed E-state index contributed by atoms with van der Waals surface area (Å²) in [4.78, 5) is 29.1. The number of carbonyl (C=O) groups is 2. The number of anilines is 1. The van der Waals surface area contributed by atoms with Gasteiger partial charge in [-0.25, -0.2) is 0 Å². The molecule has 1 aliphatic carbocycles. The molecular weight excluding hydrogens is 436 g/mol. The van der Waals surface area contributed by atoms with E-state index in [-0.39, 0.29) is 30.1 Å². The Labute approximate surface area is 177 Å². The van der Waals surface area contributed by atoms with Crippen LogP contribution in [0.25, 0.3) is 0 Å². The number of hydrogen-bond donors (Lipinski definition) is 0. The van der Waals surface area contributed by atoms with Gasteiger partial charge < -0.3 is 14.2 Å². The van der Waals surface area contributed by atoms with Crippen molar-refractivity contribution in [2.24, 2.45) is 5.92 Å². The summed E-state index contributed by atoms with van der Waals surface area (Å²) in [6.45, 7) is 1.79. The first kappa shape index (κ1) is 18.8. The van der Waals surface area contributed by atoms with Crippen LogP contribution in [0.15, 0.2) is 33.2 Å². The number of carbonyl (C=O) groups excluding carboxylic acids is 2. The lowest BCUT2D eigenvalue weighted by atomic mass is 9.95. The average molecular weight is 459 g/mol. The lowest BCUT2D eigenvalue weighted by molar-refractivity contribution is -0.136. The van der Waals surface area contributed by atoms with Crippen molar-refractivity contribution >= 4 is 33.4 Å². The molecule has 2 saturated heterocycles. The molecule has 1 aromatic carbocycles. The highest BCUT2D eigenvalue weighted by Crippen LogP contribution is 2.40. The fourth-order valence-corrected chi connectivity index (χ4v) is 4.67. The number of benzene rings is 1.